The van der Waals surface area contributed by atoms with Crippen molar-refractivity contribution < 1.29 is 19.8 Å². The predicted molar refractivity (Wildman–Crippen MR) is 120 cm³/mol. The Morgan fingerprint density at radius 3 is 2.53 bits per heavy atom. The van der Waals surface area contributed by atoms with E-state index in [0.29, 0.717) is 5.69 Å². The fourth-order valence-electron chi connectivity index (χ4n) is 3.77. The van der Waals surface area contributed by atoms with Crippen LogP contribution in [0.1, 0.15) is 52.9 Å². The summed E-state index contributed by atoms with van der Waals surface area (Å²) in [6.45, 7) is 1.77. The van der Waals surface area contributed by atoms with Crippen LogP contribution in [0.3, 0.4) is 0 Å². The largest absolute Gasteiger partial charge is 0.483 e. The number of aromatic nitrogens is 3. The molecule has 0 unspecified atom stereocenters. The maximum Gasteiger partial charge on any atom is 0.290 e. The number of aryl methyl sites for hydroxylation is 1. The van der Waals surface area contributed by atoms with Crippen molar-refractivity contribution in [1.82, 2.24) is 20.1 Å². The van der Waals surface area contributed by atoms with Crippen LogP contribution in [0.4, 0.5) is 0 Å². The quantitative estimate of drug-likeness (QED) is 0.530. The molecule has 0 atom stereocenters. The Labute approximate surface area is 186 Å². The highest BCUT2D eigenvalue weighted by atomic mass is 16.3. The van der Waals surface area contributed by atoms with Crippen LogP contribution < -0.4 is 5.32 Å². The molecular weight excluding hydrogens is 408 g/mol. The van der Waals surface area contributed by atoms with Gasteiger partial charge in [-0.25, -0.2) is 4.68 Å². The highest BCUT2D eigenvalue weighted by Crippen LogP contribution is 2.20. The first kappa shape index (κ1) is 23.1. The van der Waals surface area contributed by atoms with E-state index in [1.807, 2.05) is 42.1 Å². The zero-order valence-electron chi connectivity index (χ0n) is 18.0. The van der Waals surface area contributed by atoms with Gasteiger partial charge in [-0.3, -0.25) is 14.6 Å². The minimum atomic E-state index is -0.250. The molecule has 168 valence electrons. The van der Waals surface area contributed by atoms with Gasteiger partial charge in [0.25, 0.3) is 12.4 Å². The van der Waals surface area contributed by atoms with Crippen molar-refractivity contribution in [3.8, 4) is 5.69 Å². The highest BCUT2D eigenvalue weighted by Gasteiger charge is 2.22. The zero-order chi connectivity index (χ0) is 22.9. The summed E-state index contributed by atoms with van der Waals surface area (Å²) in [5.74, 6) is -0.137. The molecule has 0 saturated heterocycles. The molecule has 1 aromatic carbocycles. The second-order valence-electron chi connectivity index (χ2n) is 7.87. The molecule has 1 aliphatic rings. The van der Waals surface area contributed by atoms with E-state index in [4.69, 9.17) is 9.90 Å². The number of nitrogens with one attached hydrogen (secondary N) is 1. The van der Waals surface area contributed by atoms with Crippen LogP contribution in [0.15, 0.2) is 55.0 Å². The van der Waals surface area contributed by atoms with Crippen molar-refractivity contribution >= 4 is 12.4 Å². The third-order valence-electron chi connectivity index (χ3n) is 5.58. The first-order valence-electron chi connectivity index (χ1n) is 10.6. The Hall–Kier alpha value is -3.52. The third kappa shape index (κ3) is 6.24. The van der Waals surface area contributed by atoms with Gasteiger partial charge in [0.2, 0.25) is 0 Å². The number of benzene rings is 1. The lowest BCUT2D eigenvalue weighted by Crippen LogP contribution is -2.38. The van der Waals surface area contributed by atoms with E-state index in [2.05, 4.69) is 27.5 Å². The number of carbonyl (C=O) groups excluding carboxylic acids is 1. The zero-order valence-corrected chi connectivity index (χ0v) is 18.0. The van der Waals surface area contributed by atoms with E-state index >= 15 is 0 Å². The third-order valence-corrected chi connectivity index (χ3v) is 5.58. The number of hydrogen-bond donors (Lipinski definition) is 3. The van der Waals surface area contributed by atoms with Gasteiger partial charge in [-0.15, -0.1) is 0 Å². The number of nitrogens with zero attached hydrogens (tertiary/aromatic N) is 3. The summed E-state index contributed by atoms with van der Waals surface area (Å²) in [5.41, 5.74) is 4.80. The number of hydrogen-bond acceptors (Lipinski definition) is 5. The van der Waals surface area contributed by atoms with Gasteiger partial charge in [-0.05, 0) is 80.0 Å². The molecule has 3 aromatic rings. The van der Waals surface area contributed by atoms with E-state index in [9.17, 15) is 9.90 Å². The lowest BCUT2D eigenvalue weighted by molar-refractivity contribution is -0.122. The Balaban J connectivity index is 0.000000913. The topological polar surface area (TPSA) is 117 Å². The second kappa shape index (κ2) is 11.2. The van der Waals surface area contributed by atoms with Crippen molar-refractivity contribution in [1.29, 1.82) is 0 Å². The van der Waals surface area contributed by atoms with Crippen LogP contribution >= 0.6 is 0 Å². The average molecular weight is 437 g/mol. The van der Waals surface area contributed by atoms with Crippen LogP contribution in [-0.4, -0.2) is 49.5 Å². The summed E-state index contributed by atoms with van der Waals surface area (Å²) < 4.78 is 1.83. The summed E-state index contributed by atoms with van der Waals surface area (Å²) in [5, 5.41) is 23.8. The number of aliphatic hydroxyl groups is 1. The van der Waals surface area contributed by atoms with Gasteiger partial charge in [0, 0.05) is 24.6 Å². The van der Waals surface area contributed by atoms with Crippen LogP contribution in [0, 0.1) is 6.92 Å². The number of pyridine rings is 1. The van der Waals surface area contributed by atoms with Crippen molar-refractivity contribution in [2.45, 2.75) is 51.2 Å². The van der Waals surface area contributed by atoms with Crippen molar-refractivity contribution in [3.63, 3.8) is 0 Å². The van der Waals surface area contributed by atoms with Gasteiger partial charge in [-0.1, -0.05) is 12.1 Å². The number of carboxylic acid groups (broad SMARTS) is 1. The minimum Gasteiger partial charge on any atom is -0.483 e. The minimum absolute atomic E-state index is 0.118. The lowest BCUT2D eigenvalue weighted by Gasteiger charge is -2.26. The summed E-state index contributed by atoms with van der Waals surface area (Å²) in [4.78, 5) is 25.3. The van der Waals surface area contributed by atoms with E-state index in [1.165, 1.54) is 5.56 Å². The van der Waals surface area contributed by atoms with Crippen LogP contribution in [-0.2, 0) is 11.2 Å². The molecule has 0 spiro atoms. The Bertz CT molecular complexity index is 1010. The number of amides is 1. The van der Waals surface area contributed by atoms with Crippen LogP contribution in [0.25, 0.3) is 5.69 Å². The fraction of sp³-hybridized carbons (Fsp3) is 0.333. The van der Waals surface area contributed by atoms with Crippen LogP contribution in [0.2, 0.25) is 0 Å². The second-order valence-corrected chi connectivity index (χ2v) is 7.87. The predicted octanol–water partition coefficient (Wildman–Crippen LogP) is 2.90. The van der Waals surface area contributed by atoms with E-state index in [-0.39, 0.29) is 24.5 Å². The summed E-state index contributed by atoms with van der Waals surface area (Å²) in [6, 6.07) is 12.2. The van der Waals surface area contributed by atoms with Gasteiger partial charge in [0.05, 0.1) is 11.8 Å². The van der Waals surface area contributed by atoms with E-state index < -0.39 is 0 Å². The van der Waals surface area contributed by atoms with Gasteiger partial charge < -0.3 is 15.5 Å². The first-order chi connectivity index (χ1) is 15.5. The summed E-state index contributed by atoms with van der Waals surface area (Å²) in [6.07, 6.45) is 9.07. The molecule has 4 rings (SSSR count). The lowest BCUT2D eigenvalue weighted by atomic mass is 9.93. The Morgan fingerprint density at radius 2 is 1.91 bits per heavy atom. The molecule has 3 N–H and O–H groups in total. The highest BCUT2D eigenvalue weighted by molar-refractivity contribution is 5.92. The average Bonchev–Trinajstić information content (AvgIpc) is 3.33. The van der Waals surface area contributed by atoms with E-state index in [0.717, 1.165) is 48.9 Å². The standard InChI is InChI=1S/C23H26N4O2.CH2O2/c1-16-15-24-22(23(29)26-19-5-9-21(28)10-6-19)14-18(16)13-17-3-7-20(8-4-17)27-12-2-11-25-27;2-1-3/h2-4,7-8,11-12,14-15,19,21,28H,5-6,9-10,13H2,1H3,(H,26,29);1H,(H,2,3). The summed E-state index contributed by atoms with van der Waals surface area (Å²) >= 11 is 0. The smallest absolute Gasteiger partial charge is 0.290 e. The maximum absolute atomic E-state index is 12.6. The van der Waals surface area contributed by atoms with Gasteiger partial charge in [-0.2, -0.15) is 5.10 Å². The van der Waals surface area contributed by atoms with Gasteiger partial charge >= 0.3 is 0 Å². The molecule has 0 aliphatic heterocycles. The molecule has 2 aromatic heterocycles. The summed E-state index contributed by atoms with van der Waals surface area (Å²) in [7, 11) is 0. The Morgan fingerprint density at radius 1 is 1.22 bits per heavy atom. The Kier molecular flexibility index (Phi) is 8.10. The molecule has 1 saturated carbocycles. The first-order valence-corrected chi connectivity index (χ1v) is 10.6. The van der Waals surface area contributed by atoms with E-state index in [1.54, 1.807) is 12.4 Å². The molecule has 0 bridgehead atoms. The van der Waals surface area contributed by atoms with Crippen molar-refractivity contribution in [3.05, 3.63) is 77.4 Å². The SMILES string of the molecule is Cc1cnc(C(=O)NC2CCC(O)CC2)cc1Cc1ccc(-n2cccn2)cc1.O=CO. The monoisotopic (exact) mass is 436 g/mol. The number of aliphatic hydroxyl groups excluding tert-OH is 1. The van der Waals surface area contributed by atoms with Gasteiger partial charge in [0.1, 0.15) is 5.69 Å². The molecular formula is C24H28N4O4. The molecule has 8 heteroatoms. The maximum atomic E-state index is 12.6. The molecule has 2 heterocycles. The molecule has 1 amide bonds. The fourth-order valence-corrected chi connectivity index (χ4v) is 3.77. The molecule has 0 radical (unpaired) electrons. The molecule has 32 heavy (non-hydrogen) atoms. The molecule has 1 aliphatic carbocycles. The van der Waals surface area contributed by atoms with Crippen LogP contribution in [0.5, 0.6) is 0 Å². The van der Waals surface area contributed by atoms with Gasteiger partial charge in [0.15, 0.2) is 0 Å². The molecule has 8 nitrogen and oxygen atoms in total. The number of carbonyl (C=O) groups is 2. The normalized spacial score (nSPS) is 17.7. The van der Waals surface area contributed by atoms with Crippen molar-refractivity contribution in [2.24, 2.45) is 0 Å². The molecule has 1 fully saturated rings. The van der Waals surface area contributed by atoms with Crippen molar-refractivity contribution in [2.75, 3.05) is 0 Å². The number of rotatable bonds is 5.